The van der Waals surface area contributed by atoms with Crippen LogP contribution in [0.4, 0.5) is 5.95 Å². The summed E-state index contributed by atoms with van der Waals surface area (Å²) in [6.07, 6.45) is 14.4. The molecular weight excluding hydrogens is 298 g/mol. The number of thiol groups is 1. The van der Waals surface area contributed by atoms with Gasteiger partial charge < -0.3 is 4.74 Å². The minimum atomic E-state index is -0.424. The number of hydrogen-bond acceptors (Lipinski definition) is 5. The monoisotopic (exact) mass is 313 g/mol. The number of ether oxygens (including phenoxy) is 1. The van der Waals surface area contributed by atoms with Crippen molar-refractivity contribution in [3.8, 4) is 0 Å². The highest BCUT2D eigenvalue weighted by atomic mass is 32.1. The molecule has 1 spiro atoms. The van der Waals surface area contributed by atoms with Crippen molar-refractivity contribution in [2.75, 3.05) is 11.5 Å². The molecule has 22 heavy (non-hydrogen) atoms. The van der Waals surface area contributed by atoms with Crippen LogP contribution in [0.3, 0.4) is 0 Å². The number of carbonyl (C=O) groups is 1. The highest BCUT2D eigenvalue weighted by molar-refractivity contribution is 7.80. The first-order valence-corrected chi connectivity index (χ1v) is 7.65. The molecule has 0 N–H and O–H groups in total. The molecule has 1 aromatic heterocycles. The molecule has 2 aliphatic heterocycles. The van der Waals surface area contributed by atoms with Gasteiger partial charge in [-0.2, -0.15) is 0 Å². The average Bonchev–Trinajstić information content (AvgIpc) is 3.03. The Kier molecular flexibility index (Phi) is 2.84. The zero-order valence-electron chi connectivity index (χ0n) is 12.1. The third kappa shape index (κ3) is 1.56. The number of anilines is 1. The van der Waals surface area contributed by atoms with Crippen LogP contribution in [0.15, 0.2) is 53.4 Å². The number of esters is 1. The van der Waals surface area contributed by atoms with Gasteiger partial charge in [0.05, 0.1) is 23.5 Å². The van der Waals surface area contributed by atoms with E-state index in [4.69, 9.17) is 4.74 Å². The molecule has 0 radical (unpaired) electrons. The van der Waals surface area contributed by atoms with Crippen molar-refractivity contribution >= 4 is 30.2 Å². The molecule has 4 rings (SSSR count). The SMILES string of the molecule is CCOC(=O)C1=CC=CC23CC=CC=C2n2c(S)cnc2N13. The van der Waals surface area contributed by atoms with Gasteiger partial charge in [-0.25, -0.2) is 9.78 Å². The van der Waals surface area contributed by atoms with E-state index in [2.05, 4.69) is 29.8 Å². The van der Waals surface area contributed by atoms with E-state index in [0.29, 0.717) is 18.3 Å². The third-order valence-electron chi connectivity index (χ3n) is 4.18. The fourth-order valence-corrected chi connectivity index (χ4v) is 3.57. The molecule has 0 saturated heterocycles. The zero-order chi connectivity index (χ0) is 15.3. The maximum atomic E-state index is 12.4. The second kappa shape index (κ2) is 4.64. The van der Waals surface area contributed by atoms with E-state index in [1.54, 1.807) is 19.2 Å². The summed E-state index contributed by atoms with van der Waals surface area (Å²) in [5.41, 5.74) is 1.13. The fraction of sp³-hybridized carbons (Fsp3) is 0.250. The molecule has 0 aromatic carbocycles. The molecule has 1 unspecified atom stereocenters. The second-order valence-corrected chi connectivity index (χ2v) is 5.79. The minimum Gasteiger partial charge on any atom is -0.461 e. The molecule has 3 heterocycles. The van der Waals surface area contributed by atoms with Gasteiger partial charge in [0, 0.05) is 0 Å². The average molecular weight is 313 g/mol. The normalized spacial score (nSPS) is 24.4. The van der Waals surface area contributed by atoms with E-state index in [9.17, 15) is 4.79 Å². The van der Waals surface area contributed by atoms with Crippen LogP contribution in [-0.2, 0) is 9.53 Å². The van der Waals surface area contributed by atoms with Crippen molar-refractivity contribution in [3.63, 3.8) is 0 Å². The molecule has 5 nitrogen and oxygen atoms in total. The molecule has 1 aliphatic carbocycles. The van der Waals surface area contributed by atoms with Crippen molar-refractivity contribution in [2.24, 2.45) is 0 Å². The predicted octanol–water partition coefficient (Wildman–Crippen LogP) is 2.55. The van der Waals surface area contributed by atoms with Crippen LogP contribution in [0.2, 0.25) is 0 Å². The van der Waals surface area contributed by atoms with Crippen molar-refractivity contribution in [1.82, 2.24) is 9.55 Å². The topological polar surface area (TPSA) is 47.4 Å². The number of carbonyl (C=O) groups excluding carboxylic acids is 1. The van der Waals surface area contributed by atoms with Gasteiger partial charge in [0.2, 0.25) is 5.95 Å². The van der Waals surface area contributed by atoms with Crippen LogP contribution >= 0.6 is 12.6 Å². The van der Waals surface area contributed by atoms with Crippen molar-refractivity contribution in [2.45, 2.75) is 23.9 Å². The van der Waals surface area contributed by atoms with E-state index >= 15 is 0 Å². The number of aromatic nitrogens is 2. The Hall–Kier alpha value is -2.21. The number of hydrogen-bond donors (Lipinski definition) is 1. The van der Waals surface area contributed by atoms with E-state index in [1.807, 2.05) is 27.7 Å². The zero-order valence-corrected chi connectivity index (χ0v) is 13.0. The molecule has 112 valence electrons. The quantitative estimate of drug-likeness (QED) is 0.673. The minimum absolute atomic E-state index is 0.336. The first-order valence-electron chi connectivity index (χ1n) is 7.20. The molecule has 0 fully saturated rings. The molecule has 1 atom stereocenters. The molecule has 3 aliphatic rings. The van der Waals surface area contributed by atoms with Crippen LogP contribution in [-0.4, -0.2) is 27.7 Å². The highest BCUT2D eigenvalue weighted by Gasteiger charge is 2.51. The Bertz CT molecular complexity index is 787. The van der Waals surface area contributed by atoms with Crippen LogP contribution in [0, 0.1) is 0 Å². The van der Waals surface area contributed by atoms with Gasteiger partial charge >= 0.3 is 5.97 Å². The van der Waals surface area contributed by atoms with Gasteiger partial charge in [-0.1, -0.05) is 24.3 Å². The maximum Gasteiger partial charge on any atom is 0.355 e. The van der Waals surface area contributed by atoms with Gasteiger partial charge in [-0.05, 0) is 25.5 Å². The Morgan fingerprint density at radius 2 is 2.32 bits per heavy atom. The van der Waals surface area contributed by atoms with E-state index in [0.717, 1.165) is 17.1 Å². The second-order valence-electron chi connectivity index (χ2n) is 5.33. The lowest BCUT2D eigenvalue weighted by atomic mass is 9.84. The number of fused-ring (bicyclic) bond motifs is 3. The lowest BCUT2D eigenvalue weighted by Gasteiger charge is -2.39. The summed E-state index contributed by atoms with van der Waals surface area (Å²) in [6.45, 7) is 2.15. The lowest BCUT2D eigenvalue weighted by molar-refractivity contribution is -0.138. The smallest absolute Gasteiger partial charge is 0.355 e. The molecule has 1 aromatic rings. The first kappa shape index (κ1) is 13.5. The Labute approximate surface area is 133 Å². The summed E-state index contributed by atoms with van der Waals surface area (Å²) in [4.78, 5) is 18.8. The van der Waals surface area contributed by atoms with Crippen molar-refractivity contribution in [1.29, 1.82) is 0 Å². The third-order valence-corrected chi connectivity index (χ3v) is 4.49. The maximum absolute atomic E-state index is 12.4. The van der Waals surface area contributed by atoms with Gasteiger partial charge in [0.15, 0.2) is 0 Å². The summed E-state index contributed by atoms with van der Waals surface area (Å²) in [6, 6.07) is 0. The van der Waals surface area contributed by atoms with Crippen LogP contribution in [0.5, 0.6) is 0 Å². The van der Waals surface area contributed by atoms with Crippen LogP contribution in [0.1, 0.15) is 13.3 Å². The van der Waals surface area contributed by atoms with E-state index in [-0.39, 0.29) is 5.97 Å². The fourth-order valence-electron chi connectivity index (χ4n) is 3.32. The Morgan fingerprint density at radius 3 is 3.14 bits per heavy atom. The molecule has 0 bridgehead atoms. The lowest BCUT2D eigenvalue weighted by Crippen LogP contribution is -2.48. The van der Waals surface area contributed by atoms with E-state index < -0.39 is 5.54 Å². The van der Waals surface area contributed by atoms with Gasteiger partial charge in [0.25, 0.3) is 0 Å². The highest BCUT2D eigenvalue weighted by Crippen LogP contribution is 2.50. The van der Waals surface area contributed by atoms with Crippen LogP contribution in [0.25, 0.3) is 5.70 Å². The summed E-state index contributed by atoms with van der Waals surface area (Å²) in [7, 11) is 0. The molecule has 0 amide bonds. The number of nitrogens with zero attached hydrogens (tertiary/aromatic N) is 3. The van der Waals surface area contributed by atoms with Gasteiger partial charge in [-0.15, -0.1) is 12.6 Å². The molecular formula is C16H15N3O2S. The van der Waals surface area contributed by atoms with Crippen LogP contribution < -0.4 is 4.90 Å². The Balaban J connectivity index is 1.92. The summed E-state index contributed by atoms with van der Waals surface area (Å²) >= 11 is 4.50. The predicted molar refractivity (Wildman–Crippen MR) is 86.6 cm³/mol. The summed E-state index contributed by atoms with van der Waals surface area (Å²) < 4.78 is 7.19. The van der Waals surface area contributed by atoms with Gasteiger partial charge in [-0.3, -0.25) is 9.47 Å². The van der Waals surface area contributed by atoms with E-state index in [1.165, 1.54) is 0 Å². The van der Waals surface area contributed by atoms with Gasteiger partial charge in [0.1, 0.15) is 11.2 Å². The summed E-state index contributed by atoms with van der Waals surface area (Å²) in [5, 5.41) is 0.752. The summed E-state index contributed by atoms with van der Waals surface area (Å²) in [5.74, 6) is 0.362. The Morgan fingerprint density at radius 1 is 1.45 bits per heavy atom. The first-order chi connectivity index (χ1) is 10.7. The number of allylic oxidation sites excluding steroid dienone is 4. The number of rotatable bonds is 2. The largest absolute Gasteiger partial charge is 0.461 e. The standard InChI is InChI=1S/C16H15N3O2S/c1-2-21-14(20)11-6-5-9-16-8-4-3-7-12(16)18-13(22)10-17-15(18)19(11)16/h3-7,9-10,22H,2,8H2,1H3. The number of imidazole rings is 1. The van der Waals surface area contributed by atoms with Crippen molar-refractivity contribution < 1.29 is 9.53 Å². The van der Waals surface area contributed by atoms with Crippen molar-refractivity contribution in [3.05, 3.63) is 48.4 Å². The molecule has 0 saturated carbocycles. The molecule has 6 heteroatoms.